The number of amides is 1. The number of aromatic nitrogens is 3. The van der Waals surface area contributed by atoms with E-state index < -0.39 is 16.1 Å². The average Bonchev–Trinajstić information content (AvgIpc) is 3.59. The number of furan rings is 1. The first kappa shape index (κ1) is 26.8. The number of sulfonamides is 1. The Morgan fingerprint density at radius 2 is 1.69 bits per heavy atom. The molecule has 1 aliphatic heterocycles. The molecule has 0 N–H and O–H groups in total. The standard InChI is InChI=1S/C29H33N5O4S/c1-22(2)17-28-29(35)32(19-26-20-33(31-30-26)21-27-9-6-15-38-27)14-16-39(36,37)34(28)18-23-10-12-25(13-11-23)24-7-4-3-5-8-24/h3-13,15,20,22,28H,14,16-19,21H2,1-2H3. The molecule has 1 aliphatic rings. The maximum atomic E-state index is 13.8. The minimum Gasteiger partial charge on any atom is -0.467 e. The van der Waals surface area contributed by atoms with Crippen LogP contribution in [-0.4, -0.2) is 56.9 Å². The van der Waals surface area contributed by atoms with Crippen LogP contribution in [0.4, 0.5) is 0 Å². The van der Waals surface area contributed by atoms with Crippen LogP contribution in [0, 0.1) is 5.92 Å². The van der Waals surface area contributed by atoms with Gasteiger partial charge < -0.3 is 9.32 Å². The number of nitrogens with zero attached hydrogens (tertiary/aromatic N) is 5. The number of carbonyl (C=O) groups excluding carboxylic acids is 1. The van der Waals surface area contributed by atoms with Gasteiger partial charge in [-0.2, -0.15) is 4.31 Å². The third kappa shape index (κ3) is 6.46. The number of carbonyl (C=O) groups is 1. The number of hydrogen-bond acceptors (Lipinski definition) is 6. The van der Waals surface area contributed by atoms with Gasteiger partial charge in [0.1, 0.15) is 24.0 Å². The monoisotopic (exact) mass is 547 g/mol. The van der Waals surface area contributed by atoms with Crippen molar-refractivity contribution in [3.05, 3.63) is 96.2 Å². The van der Waals surface area contributed by atoms with E-state index in [4.69, 9.17) is 4.42 Å². The lowest BCUT2D eigenvalue weighted by Crippen LogP contribution is -2.47. The van der Waals surface area contributed by atoms with Gasteiger partial charge in [-0.1, -0.05) is 73.7 Å². The summed E-state index contributed by atoms with van der Waals surface area (Å²) in [4.78, 5) is 15.4. The van der Waals surface area contributed by atoms with Crippen LogP contribution in [0.15, 0.2) is 83.6 Å². The van der Waals surface area contributed by atoms with Crippen molar-refractivity contribution in [2.24, 2.45) is 5.92 Å². The zero-order chi connectivity index (χ0) is 27.4. The van der Waals surface area contributed by atoms with Gasteiger partial charge in [0.15, 0.2) is 0 Å². The molecule has 9 nitrogen and oxygen atoms in total. The van der Waals surface area contributed by atoms with E-state index >= 15 is 0 Å². The summed E-state index contributed by atoms with van der Waals surface area (Å²) >= 11 is 0. The number of rotatable bonds is 9. The van der Waals surface area contributed by atoms with Crippen LogP contribution >= 0.6 is 0 Å². The Balaban J connectivity index is 1.35. The van der Waals surface area contributed by atoms with Crippen molar-refractivity contribution >= 4 is 15.9 Å². The van der Waals surface area contributed by atoms with Crippen LogP contribution in [-0.2, 0) is 34.5 Å². The van der Waals surface area contributed by atoms with Crippen molar-refractivity contribution in [3.8, 4) is 11.1 Å². The van der Waals surface area contributed by atoms with E-state index in [0.29, 0.717) is 18.7 Å². The van der Waals surface area contributed by atoms with E-state index in [2.05, 4.69) is 10.3 Å². The topological polar surface area (TPSA) is 102 Å². The molecular formula is C29H33N5O4S. The molecule has 1 unspecified atom stereocenters. The highest BCUT2D eigenvalue weighted by molar-refractivity contribution is 7.89. The first-order valence-electron chi connectivity index (χ1n) is 13.1. The molecule has 1 fully saturated rings. The molecule has 5 rings (SSSR count). The first-order valence-corrected chi connectivity index (χ1v) is 14.7. The lowest BCUT2D eigenvalue weighted by atomic mass is 10.0. The van der Waals surface area contributed by atoms with Crippen molar-refractivity contribution in [1.29, 1.82) is 0 Å². The van der Waals surface area contributed by atoms with E-state index in [9.17, 15) is 13.2 Å². The van der Waals surface area contributed by atoms with Gasteiger partial charge in [0, 0.05) is 13.1 Å². The van der Waals surface area contributed by atoms with Crippen LogP contribution in [0.1, 0.15) is 37.3 Å². The second-order valence-corrected chi connectivity index (χ2v) is 12.4. The average molecular weight is 548 g/mol. The molecule has 1 saturated heterocycles. The third-order valence-electron chi connectivity index (χ3n) is 6.85. The summed E-state index contributed by atoms with van der Waals surface area (Å²) in [5, 5.41) is 8.35. The molecule has 2 aromatic heterocycles. The molecule has 1 amide bonds. The summed E-state index contributed by atoms with van der Waals surface area (Å²) in [6.45, 7) is 4.87. The smallest absolute Gasteiger partial charge is 0.241 e. The van der Waals surface area contributed by atoms with Gasteiger partial charge in [-0.05, 0) is 41.2 Å². The molecule has 10 heteroatoms. The largest absolute Gasteiger partial charge is 0.467 e. The maximum Gasteiger partial charge on any atom is 0.241 e. The summed E-state index contributed by atoms with van der Waals surface area (Å²) in [5.74, 6) is 0.529. The Labute approximate surface area is 229 Å². The van der Waals surface area contributed by atoms with Gasteiger partial charge >= 0.3 is 0 Å². The summed E-state index contributed by atoms with van der Waals surface area (Å²) < 4.78 is 35.4. The van der Waals surface area contributed by atoms with Gasteiger partial charge in [0.25, 0.3) is 0 Å². The summed E-state index contributed by atoms with van der Waals surface area (Å²) in [6, 6.07) is 20.8. The molecule has 0 bridgehead atoms. The zero-order valence-electron chi connectivity index (χ0n) is 22.2. The molecule has 4 aromatic rings. The normalized spacial score (nSPS) is 18.0. The molecule has 0 aliphatic carbocycles. The summed E-state index contributed by atoms with van der Waals surface area (Å²) in [7, 11) is -3.69. The predicted molar refractivity (Wildman–Crippen MR) is 148 cm³/mol. The Hall–Kier alpha value is -3.76. The molecule has 204 valence electrons. The second-order valence-electron chi connectivity index (χ2n) is 10.3. The number of hydrogen-bond donors (Lipinski definition) is 0. The minimum absolute atomic E-state index is 0.101. The van der Waals surface area contributed by atoms with E-state index in [1.807, 2.05) is 80.6 Å². The second kappa shape index (κ2) is 11.5. The molecule has 2 aromatic carbocycles. The summed E-state index contributed by atoms with van der Waals surface area (Å²) in [5.41, 5.74) is 3.59. The highest BCUT2D eigenvalue weighted by atomic mass is 32.2. The molecule has 1 atom stereocenters. The van der Waals surface area contributed by atoms with Crippen molar-refractivity contribution in [2.75, 3.05) is 12.3 Å². The van der Waals surface area contributed by atoms with Gasteiger partial charge in [0.2, 0.25) is 15.9 Å². The lowest BCUT2D eigenvalue weighted by Gasteiger charge is -2.30. The molecule has 39 heavy (non-hydrogen) atoms. The zero-order valence-corrected chi connectivity index (χ0v) is 23.0. The highest BCUT2D eigenvalue weighted by Crippen LogP contribution is 2.26. The van der Waals surface area contributed by atoms with Crippen molar-refractivity contribution in [1.82, 2.24) is 24.2 Å². The lowest BCUT2D eigenvalue weighted by molar-refractivity contribution is -0.136. The Morgan fingerprint density at radius 3 is 2.38 bits per heavy atom. The van der Waals surface area contributed by atoms with Crippen LogP contribution in [0.3, 0.4) is 0 Å². The van der Waals surface area contributed by atoms with E-state index in [-0.39, 0.29) is 37.2 Å². The molecular weight excluding hydrogens is 514 g/mol. The third-order valence-corrected chi connectivity index (χ3v) is 8.65. The SMILES string of the molecule is CC(C)CC1C(=O)N(Cc2cn(Cc3ccco3)nn2)CCS(=O)(=O)N1Cc1ccc(-c2ccccc2)cc1. The number of benzene rings is 2. The fourth-order valence-corrected chi connectivity index (χ4v) is 6.47. The maximum absolute atomic E-state index is 13.8. The van der Waals surface area contributed by atoms with Crippen molar-refractivity contribution in [2.45, 2.75) is 45.9 Å². The van der Waals surface area contributed by atoms with Gasteiger partial charge in [-0.15, -0.1) is 5.10 Å². The van der Waals surface area contributed by atoms with E-state index in [1.165, 1.54) is 4.31 Å². The Kier molecular flexibility index (Phi) is 7.94. The minimum atomic E-state index is -3.69. The van der Waals surface area contributed by atoms with Crippen LogP contribution in [0.2, 0.25) is 0 Å². The van der Waals surface area contributed by atoms with Crippen molar-refractivity contribution < 1.29 is 17.6 Å². The highest BCUT2D eigenvalue weighted by Gasteiger charge is 2.41. The fraction of sp³-hybridized carbons (Fsp3) is 0.345. The molecule has 0 saturated carbocycles. The predicted octanol–water partition coefficient (Wildman–Crippen LogP) is 4.18. The fourth-order valence-electron chi connectivity index (χ4n) is 4.87. The quantitative estimate of drug-likeness (QED) is 0.312. The van der Waals surface area contributed by atoms with Crippen LogP contribution < -0.4 is 0 Å². The molecule has 3 heterocycles. The first-order chi connectivity index (χ1) is 18.8. The van der Waals surface area contributed by atoms with Crippen LogP contribution in [0.5, 0.6) is 0 Å². The van der Waals surface area contributed by atoms with Gasteiger partial charge in [-0.25, -0.2) is 13.1 Å². The Bertz CT molecular complexity index is 1480. The van der Waals surface area contributed by atoms with Crippen molar-refractivity contribution in [3.63, 3.8) is 0 Å². The van der Waals surface area contributed by atoms with Gasteiger partial charge in [0.05, 0.1) is 24.8 Å². The summed E-state index contributed by atoms with van der Waals surface area (Å²) in [6.07, 6.45) is 3.79. The Morgan fingerprint density at radius 1 is 0.949 bits per heavy atom. The molecule has 0 radical (unpaired) electrons. The van der Waals surface area contributed by atoms with E-state index in [1.54, 1.807) is 22.0 Å². The molecule has 0 spiro atoms. The van der Waals surface area contributed by atoms with Gasteiger partial charge in [-0.3, -0.25) is 4.79 Å². The van der Waals surface area contributed by atoms with E-state index in [0.717, 1.165) is 22.5 Å². The van der Waals surface area contributed by atoms with Crippen LogP contribution in [0.25, 0.3) is 11.1 Å².